The Bertz CT molecular complexity index is 891. The lowest BCUT2D eigenvalue weighted by Gasteiger charge is -2.15. The van der Waals surface area contributed by atoms with E-state index in [9.17, 15) is 18.0 Å². The number of ether oxygens (including phenoxy) is 1. The summed E-state index contributed by atoms with van der Waals surface area (Å²) in [5.74, 6) is -0.636. The zero-order valence-electron chi connectivity index (χ0n) is 13.2. The van der Waals surface area contributed by atoms with E-state index < -0.39 is 6.36 Å². The Morgan fingerprint density at radius 2 is 2.04 bits per heavy atom. The lowest BCUT2D eigenvalue weighted by Crippen LogP contribution is -2.26. The van der Waals surface area contributed by atoms with Crippen molar-refractivity contribution in [3.8, 4) is 5.75 Å². The maximum absolute atomic E-state index is 12.5. The number of H-pyrrole nitrogens is 1. The van der Waals surface area contributed by atoms with Gasteiger partial charge >= 0.3 is 6.36 Å². The lowest BCUT2D eigenvalue weighted by atomic mass is 10.2. The molecule has 0 spiro atoms. The number of carbonyl (C=O) groups is 1. The Balaban J connectivity index is 1.79. The van der Waals surface area contributed by atoms with E-state index >= 15 is 0 Å². The number of carbonyl (C=O) groups excluding carboxylic acids is 1. The summed E-state index contributed by atoms with van der Waals surface area (Å²) in [5.41, 5.74) is 1.39. The average molecular weight is 349 g/mol. The highest BCUT2D eigenvalue weighted by molar-refractivity contribution is 5.98. The van der Waals surface area contributed by atoms with E-state index in [0.29, 0.717) is 17.4 Å². The summed E-state index contributed by atoms with van der Waals surface area (Å²) in [4.78, 5) is 20.9. The molecule has 0 unspecified atom stereocenters. The Labute approximate surface area is 141 Å². The number of halogens is 3. The van der Waals surface area contributed by atoms with Crippen LogP contribution in [-0.4, -0.2) is 34.2 Å². The van der Waals surface area contributed by atoms with Crippen LogP contribution in [0.5, 0.6) is 5.75 Å². The van der Waals surface area contributed by atoms with Crippen molar-refractivity contribution in [3.05, 3.63) is 60.0 Å². The molecular formula is C17H14F3N3O2. The highest BCUT2D eigenvalue weighted by Crippen LogP contribution is 2.27. The number of nitrogens with one attached hydrogen (secondary N) is 1. The number of pyridine rings is 1. The van der Waals surface area contributed by atoms with Gasteiger partial charge in [-0.25, -0.2) is 0 Å². The molecule has 0 atom stereocenters. The van der Waals surface area contributed by atoms with Crippen molar-refractivity contribution in [2.24, 2.45) is 0 Å². The molecule has 2 aromatic heterocycles. The quantitative estimate of drug-likeness (QED) is 0.781. The normalized spacial score (nSPS) is 11.5. The van der Waals surface area contributed by atoms with Crippen molar-refractivity contribution in [2.75, 3.05) is 7.05 Å². The fourth-order valence-corrected chi connectivity index (χ4v) is 2.43. The van der Waals surface area contributed by atoms with Crippen molar-refractivity contribution >= 4 is 16.8 Å². The van der Waals surface area contributed by atoms with Gasteiger partial charge < -0.3 is 14.6 Å². The zero-order valence-corrected chi connectivity index (χ0v) is 13.2. The molecule has 8 heteroatoms. The van der Waals surface area contributed by atoms with Gasteiger partial charge in [0.05, 0.1) is 12.2 Å². The summed E-state index contributed by atoms with van der Waals surface area (Å²) in [5, 5.41) is 0.615. The summed E-state index contributed by atoms with van der Waals surface area (Å²) in [7, 11) is 1.63. The van der Waals surface area contributed by atoms with Crippen molar-refractivity contribution in [1.82, 2.24) is 14.9 Å². The van der Waals surface area contributed by atoms with E-state index in [1.54, 1.807) is 31.4 Å². The predicted molar refractivity (Wildman–Crippen MR) is 85.0 cm³/mol. The van der Waals surface area contributed by atoms with Crippen molar-refractivity contribution < 1.29 is 22.7 Å². The number of benzene rings is 1. The molecule has 0 aliphatic carbocycles. The van der Waals surface area contributed by atoms with Crippen LogP contribution in [0.15, 0.2) is 48.7 Å². The summed E-state index contributed by atoms with van der Waals surface area (Å²) in [6.45, 7) is 0.317. The van der Waals surface area contributed by atoms with Gasteiger partial charge in [-0.2, -0.15) is 0 Å². The van der Waals surface area contributed by atoms with Crippen LogP contribution in [0.25, 0.3) is 10.9 Å². The van der Waals surface area contributed by atoms with E-state index in [4.69, 9.17) is 0 Å². The topological polar surface area (TPSA) is 58.2 Å². The molecular weight excluding hydrogens is 335 g/mol. The van der Waals surface area contributed by atoms with Gasteiger partial charge in [-0.3, -0.25) is 9.78 Å². The fraction of sp³-hybridized carbons (Fsp3) is 0.176. The molecule has 0 saturated heterocycles. The molecule has 25 heavy (non-hydrogen) atoms. The summed E-state index contributed by atoms with van der Waals surface area (Å²) in [6, 6.07) is 10.9. The highest BCUT2D eigenvalue weighted by atomic mass is 19.4. The average Bonchev–Trinajstić information content (AvgIpc) is 2.96. The smallest absolute Gasteiger partial charge is 0.406 e. The summed E-state index contributed by atoms with van der Waals surface area (Å²) < 4.78 is 40.7. The highest BCUT2D eigenvalue weighted by Gasteiger charge is 2.31. The van der Waals surface area contributed by atoms with Crippen LogP contribution in [0.2, 0.25) is 0 Å². The van der Waals surface area contributed by atoms with Crippen LogP contribution in [0.3, 0.4) is 0 Å². The molecule has 3 rings (SSSR count). The van der Waals surface area contributed by atoms with E-state index in [1.807, 2.05) is 6.07 Å². The minimum atomic E-state index is -4.76. The van der Waals surface area contributed by atoms with Gasteiger partial charge in [0, 0.05) is 30.2 Å². The maximum atomic E-state index is 12.5. The molecule has 0 aliphatic heterocycles. The second-order valence-corrected chi connectivity index (χ2v) is 5.46. The number of hydrogen-bond donors (Lipinski definition) is 1. The summed E-state index contributed by atoms with van der Waals surface area (Å²) in [6.07, 6.45) is -3.12. The molecule has 1 aromatic carbocycles. The molecule has 0 bridgehead atoms. The standard InChI is InChI=1S/C17H14F3N3O2/c1-23(10-12-4-2-3-7-21-12)16(24)15-8-11-5-6-13(9-14(11)22-15)25-17(18,19)20/h2-9,22H,10H2,1H3. The number of aromatic nitrogens is 2. The number of nitrogens with zero attached hydrogens (tertiary/aromatic N) is 2. The minimum absolute atomic E-state index is 0.276. The largest absolute Gasteiger partial charge is 0.573 e. The third kappa shape index (κ3) is 4.09. The maximum Gasteiger partial charge on any atom is 0.573 e. The van der Waals surface area contributed by atoms with Crippen LogP contribution in [0.1, 0.15) is 16.2 Å². The van der Waals surface area contributed by atoms with Gasteiger partial charge in [0.2, 0.25) is 0 Å². The van der Waals surface area contributed by atoms with Gasteiger partial charge in [-0.15, -0.1) is 13.2 Å². The van der Waals surface area contributed by atoms with E-state index in [0.717, 1.165) is 5.69 Å². The SMILES string of the molecule is CN(Cc1ccccn1)C(=O)c1cc2ccc(OC(F)(F)F)cc2[nH]1. The van der Waals surface area contributed by atoms with Crippen LogP contribution < -0.4 is 4.74 Å². The number of aromatic amines is 1. The van der Waals surface area contributed by atoms with Crippen molar-refractivity contribution in [2.45, 2.75) is 12.9 Å². The molecule has 1 amide bonds. The second-order valence-electron chi connectivity index (χ2n) is 5.46. The molecule has 2 heterocycles. The number of hydrogen-bond acceptors (Lipinski definition) is 3. The second kappa shape index (κ2) is 6.46. The van der Waals surface area contributed by atoms with Gasteiger partial charge in [-0.05, 0) is 30.3 Å². The van der Waals surface area contributed by atoms with E-state index in [2.05, 4.69) is 14.7 Å². The molecule has 0 aliphatic rings. The monoisotopic (exact) mass is 349 g/mol. The number of rotatable bonds is 4. The molecule has 130 valence electrons. The minimum Gasteiger partial charge on any atom is -0.406 e. The van der Waals surface area contributed by atoms with Gasteiger partial charge in [0.25, 0.3) is 5.91 Å². The Morgan fingerprint density at radius 1 is 1.24 bits per heavy atom. The molecule has 5 nitrogen and oxygen atoms in total. The van der Waals surface area contributed by atoms with Crippen LogP contribution >= 0.6 is 0 Å². The Kier molecular flexibility index (Phi) is 4.35. The van der Waals surface area contributed by atoms with Crippen LogP contribution in [0.4, 0.5) is 13.2 Å². The first kappa shape index (κ1) is 16.8. The van der Waals surface area contributed by atoms with E-state index in [1.165, 1.54) is 23.1 Å². The molecule has 3 aromatic rings. The van der Waals surface area contributed by atoms with Gasteiger partial charge in [0.15, 0.2) is 0 Å². The predicted octanol–water partition coefficient (Wildman–Crippen LogP) is 3.73. The third-order valence-corrected chi connectivity index (χ3v) is 3.53. The van der Waals surface area contributed by atoms with E-state index in [-0.39, 0.29) is 17.4 Å². The number of alkyl halides is 3. The number of fused-ring (bicyclic) bond motifs is 1. The first-order valence-corrected chi connectivity index (χ1v) is 7.36. The van der Waals surface area contributed by atoms with Gasteiger partial charge in [0.1, 0.15) is 11.4 Å². The Morgan fingerprint density at radius 3 is 2.72 bits per heavy atom. The lowest BCUT2D eigenvalue weighted by molar-refractivity contribution is -0.274. The number of amides is 1. The first-order valence-electron chi connectivity index (χ1n) is 7.36. The Hall–Kier alpha value is -3.03. The third-order valence-electron chi connectivity index (χ3n) is 3.53. The molecule has 1 N–H and O–H groups in total. The first-order chi connectivity index (χ1) is 11.8. The molecule has 0 saturated carbocycles. The zero-order chi connectivity index (χ0) is 18.0. The summed E-state index contributed by atoms with van der Waals surface area (Å²) >= 11 is 0. The van der Waals surface area contributed by atoms with Crippen LogP contribution in [-0.2, 0) is 6.54 Å². The van der Waals surface area contributed by atoms with Crippen LogP contribution in [0, 0.1) is 0 Å². The fourth-order valence-electron chi connectivity index (χ4n) is 2.43. The van der Waals surface area contributed by atoms with Crippen molar-refractivity contribution in [1.29, 1.82) is 0 Å². The van der Waals surface area contributed by atoms with Crippen molar-refractivity contribution in [3.63, 3.8) is 0 Å². The van der Waals surface area contributed by atoms with Gasteiger partial charge in [-0.1, -0.05) is 6.07 Å². The molecule has 0 radical (unpaired) electrons. The molecule has 0 fully saturated rings.